The molecule has 0 radical (unpaired) electrons. The van der Waals surface area contributed by atoms with E-state index in [1.54, 1.807) is 14.2 Å². The maximum Gasteiger partial charge on any atom is 0.231 e. The molecule has 0 amide bonds. The van der Waals surface area contributed by atoms with Gasteiger partial charge in [-0.05, 0) is 49.3 Å². The number of nitrogens with zero attached hydrogens (tertiary/aromatic N) is 2. The van der Waals surface area contributed by atoms with Gasteiger partial charge in [-0.2, -0.15) is 4.98 Å². The van der Waals surface area contributed by atoms with Crippen molar-refractivity contribution in [2.24, 2.45) is 17.6 Å². The van der Waals surface area contributed by atoms with Crippen molar-refractivity contribution in [2.45, 2.75) is 31.2 Å². The van der Waals surface area contributed by atoms with Gasteiger partial charge in [-0.3, -0.25) is 0 Å². The van der Waals surface area contributed by atoms with Crippen LogP contribution in [-0.2, 0) is 0 Å². The van der Waals surface area contributed by atoms with E-state index in [4.69, 9.17) is 19.7 Å². The molecule has 6 heteroatoms. The lowest BCUT2D eigenvalue weighted by molar-refractivity contribution is 0.279. The monoisotopic (exact) mass is 315 g/mol. The Balaban J connectivity index is 1.63. The average molecular weight is 315 g/mol. The van der Waals surface area contributed by atoms with Gasteiger partial charge in [-0.25, -0.2) is 0 Å². The van der Waals surface area contributed by atoms with Crippen LogP contribution in [-0.4, -0.2) is 30.4 Å². The molecule has 2 aliphatic carbocycles. The number of nitrogens with two attached hydrogens (primary N) is 1. The van der Waals surface area contributed by atoms with E-state index in [-0.39, 0.29) is 12.0 Å². The summed E-state index contributed by atoms with van der Waals surface area (Å²) in [6.45, 7) is 0. The molecule has 1 aromatic heterocycles. The molecular formula is C17H21N3O3. The number of rotatable bonds is 4. The Morgan fingerprint density at radius 3 is 2.61 bits per heavy atom. The minimum absolute atomic E-state index is 0.146. The lowest BCUT2D eigenvalue weighted by atomic mass is 9.85. The van der Waals surface area contributed by atoms with Gasteiger partial charge in [0.05, 0.1) is 20.1 Å². The zero-order valence-corrected chi connectivity index (χ0v) is 13.4. The number of aromatic nitrogens is 2. The molecular weight excluding hydrogens is 294 g/mol. The van der Waals surface area contributed by atoms with Gasteiger partial charge >= 0.3 is 0 Å². The minimum atomic E-state index is 0.146. The molecule has 23 heavy (non-hydrogen) atoms. The number of methoxy groups -OCH3 is 2. The van der Waals surface area contributed by atoms with Crippen LogP contribution < -0.4 is 15.2 Å². The summed E-state index contributed by atoms with van der Waals surface area (Å²) in [7, 11) is 3.22. The minimum Gasteiger partial charge on any atom is -0.493 e. The van der Waals surface area contributed by atoms with Crippen LogP contribution in [0.25, 0.3) is 11.4 Å². The smallest absolute Gasteiger partial charge is 0.231 e. The third kappa shape index (κ3) is 2.28. The molecule has 2 bridgehead atoms. The van der Waals surface area contributed by atoms with Crippen LogP contribution in [0, 0.1) is 11.8 Å². The largest absolute Gasteiger partial charge is 0.493 e. The van der Waals surface area contributed by atoms with E-state index < -0.39 is 0 Å². The van der Waals surface area contributed by atoms with Crippen molar-refractivity contribution in [2.75, 3.05) is 14.2 Å². The summed E-state index contributed by atoms with van der Waals surface area (Å²) in [5, 5.41) is 4.14. The zero-order valence-electron chi connectivity index (χ0n) is 13.4. The molecule has 2 fully saturated rings. The van der Waals surface area contributed by atoms with E-state index in [9.17, 15) is 0 Å². The van der Waals surface area contributed by atoms with Crippen LogP contribution in [0.5, 0.6) is 11.5 Å². The molecule has 4 unspecified atom stereocenters. The average Bonchev–Trinajstić information content (AvgIpc) is 3.29. The van der Waals surface area contributed by atoms with E-state index in [1.807, 2.05) is 18.2 Å². The quantitative estimate of drug-likeness (QED) is 0.933. The van der Waals surface area contributed by atoms with E-state index in [2.05, 4.69) is 10.1 Å². The summed E-state index contributed by atoms with van der Waals surface area (Å²) >= 11 is 0. The Bertz CT molecular complexity index is 713. The highest BCUT2D eigenvalue weighted by Gasteiger charge is 2.48. The molecule has 1 heterocycles. The van der Waals surface area contributed by atoms with Gasteiger partial charge in [0.1, 0.15) is 0 Å². The lowest BCUT2D eigenvalue weighted by Gasteiger charge is -2.24. The van der Waals surface area contributed by atoms with Crippen molar-refractivity contribution in [3.63, 3.8) is 0 Å². The van der Waals surface area contributed by atoms with Gasteiger partial charge in [-0.1, -0.05) is 5.16 Å². The van der Waals surface area contributed by atoms with Gasteiger partial charge in [-0.15, -0.1) is 0 Å². The van der Waals surface area contributed by atoms with Gasteiger partial charge in [0, 0.05) is 11.6 Å². The van der Waals surface area contributed by atoms with Crippen LogP contribution in [0.1, 0.15) is 31.1 Å². The number of benzene rings is 1. The summed E-state index contributed by atoms with van der Waals surface area (Å²) in [6.07, 6.45) is 3.65. The van der Waals surface area contributed by atoms with Crippen molar-refractivity contribution in [1.82, 2.24) is 10.1 Å². The van der Waals surface area contributed by atoms with E-state index in [1.165, 1.54) is 19.3 Å². The Morgan fingerprint density at radius 1 is 1.13 bits per heavy atom. The second kappa shape index (κ2) is 5.53. The van der Waals surface area contributed by atoms with Gasteiger partial charge in [0.25, 0.3) is 0 Å². The predicted molar refractivity (Wildman–Crippen MR) is 84.4 cm³/mol. The summed E-state index contributed by atoms with van der Waals surface area (Å²) in [6, 6.07) is 5.74. The second-order valence-corrected chi connectivity index (χ2v) is 6.46. The second-order valence-electron chi connectivity index (χ2n) is 6.46. The first-order chi connectivity index (χ1) is 11.2. The topological polar surface area (TPSA) is 83.4 Å². The lowest BCUT2D eigenvalue weighted by Crippen LogP contribution is -2.34. The van der Waals surface area contributed by atoms with E-state index >= 15 is 0 Å². The van der Waals surface area contributed by atoms with Crippen molar-refractivity contribution < 1.29 is 14.0 Å². The molecule has 6 nitrogen and oxygen atoms in total. The predicted octanol–water partition coefficient (Wildman–Crippen LogP) is 2.59. The number of hydrogen-bond acceptors (Lipinski definition) is 6. The van der Waals surface area contributed by atoms with Crippen molar-refractivity contribution in [3.8, 4) is 22.9 Å². The normalized spacial score (nSPS) is 29.0. The fraction of sp³-hybridized carbons (Fsp3) is 0.529. The molecule has 4 atom stereocenters. The maximum atomic E-state index is 6.36. The molecule has 122 valence electrons. The number of fused-ring (bicyclic) bond motifs is 2. The summed E-state index contributed by atoms with van der Waals surface area (Å²) in [4.78, 5) is 4.61. The fourth-order valence-corrected chi connectivity index (χ4v) is 4.17. The first-order valence-electron chi connectivity index (χ1n) is 8.03. The van der Waals surface area contributed by atoms with Crippen LogP contribution in [0.4, 0.5) is 0 Å². The third-order valence-electron chi connectivity index (χ3n) is 5.35. The molecule has 0 spiro atoms. The van der Waals surface area contributed by atoms with Crippen LogP contribution in [0.3, 0.4) is 0 Å². The van der Waals surface area contributed by atoms with Crippen molar-refractivity contribution >= 4 is 0 Å². The summed E-state index contributed by atoms with van der Waals surface area (Å²) in [5.74, 6) is 3.97. The summed E-state index contributed by atoms with van der Waals surface area (Å²) in [5.41, 5.74) is 7.21. The number of ether oxygens (including phenoxy) is 2. The number of hydrogen-bond donors (Lipinski definition) is 1. The molecule has 0 saturated heterocycles. The summed E-state index contributed by atoms with van der Waals surface area (Å²) < 4.78 is 16.1. The maximum absolute atomic E-state index is 6.36. The molecule has 2 aliphatic rings. The Kier molecular flexibility index (Phi) is 3.49. The molecule has 0 aliphatic heterocycles. The van der Waals surface area contributed by atoms with Crippen molar-refractivity contribution in [1.29, 1.82) is 0 Å². The zero-order chi connectivity index (χ0) is 16.0. The van der Waals surface area contributed by atoms with Gasteiger partial charge in [0.2, 0.25) is 11.7 Å². The van der Waals surface area contributed by atoms with Gasteiger partial charge in [0.15, 0.2) is 11.5 Å². The van der Waals surface area contributed by atoms with Crippen molar-refractivity contribution in [3.05, 3.63) is 24.1 Å². The molecule has 4 rings (SSSR count). The first kappa shape index (κ1) is 14.5. The standard InChI is InChI=1S/C17H21N3O3/c1-21-12-6-5-11(8-13(12)22-2)16-19-17(23-20-16)14-9-3-4-10(7-9)15(14)18/h5-6,8-10,14-15H,3-4,7,18H2,1-2H3. The van der Waals surface area contributed by atoms with Crippen LogP contribution in [0.2, 0.25) is 0 Å². The van der Waals surface area contributed by atoms with Crippen LogP contribution in [0.15, 0.2) is 22.7 Å². The van der Waals surface area contributed by atoms with Crippen LogP contribution >= 0.6 is 0 Å². The fourth-order valence-electron chi connectivity index (χ4n) is 4.17. The highest BCUT2D eigenvalue weighted by atomic mass is 16.5. The van der Waals surface area contributed by atoms with E-state index in [0.717, 1.165) is 5.56 Å². The molecule has 1 aromatic carbocycles. The third-order valence-corrected chi connectivity index (χ3v) is 5.35. The highest BCUT2D eigenvalue weighted by molar-refractivity contribution is 5.60. The Morgan fingerprint density at radius 2 is 1.91 bits per heavy atom. The molecule has 2 N–H and O–H groups in total. The Labute approximate surface area is 135 Å². The molecule has 2 saturated carbocycles. The van der Waals surface area contributed by atoms with Gasteiger partial charge < -0.3 is 19.7 Å². The highest BCUT2D eigenvalue weighted by Crippen LogP contribution is 2.51. The SMILES string of the molecule is COc1ccc(-c2noc(C3C4CCC(C4)C3N)n2)cc1OC. The Hall–Kier alpha value is -2.08. The van der Waals surface area contributed by atoms with E-state index in [0.29, 0.717) is 35.0 Å². The molecule has 2 aromatic rings. The first-order valence-corrected chi connectivity index (χ1v) is 8.03.